The van der Waals surface area contributed by atoms with Crippen molar-refractivity contribution in [1.82, 2.24) is 20.0 Å². The van der Waals surface area contributed by atoms with Gasteiger partial charge in [0.2, 0.25) is 0 Å². The topological polar surface area (TPSA) is 34.1 Å². The zero-order chi connectivity index (χ0) is 18.4. The van der Waals surface area contributed by atoms with Gasteiger partial charge in [-0.05, 0) is 44.8 Å². The molecule has 27 heavy (non-hydrogen) atoms. The van der Waals surface area contributed by atoms with Crippen LogP contribution in [0.25, 0.3) is 0 Å². The first-order chi connectivity index (χ1) is 12.7. The lowest BCUT2D eigenvalue weighted by Crippen LogP contribution is -2.56. The molecular weight excluding hydrogens is 449 g/mol. The van der Waals surface area contributed by atoms with E-state index in [1.165, 1.54) is 24.8 Å². The molecule has 2 fully saturated rings. The highest BCUT2D eigenvalue weighted by Crippen LogP contribution is 2.21. The van der Waals surface area contributed by atoms with Gasteiger partial charge < -0.3 is 15.1 Å². The van der Waals surface area contributed by atoms with Gasteiger partial charge in [-0.1, -0.05) is 30.3 Å². The molecule has 2 saturated heterocycles. The minimum absolute atomic E-state index is 0. The van der Waals surface area contributed by atoms with Gasteiger partial charge in [0, 0.05) is 52.4 Å². The second-order valence-corrected chi connectivity index (χ2v) is 7.94. The Labute approximate surface area is 182 Å². The minimum atomic E-state index is 0. The quantitative estimate of drug-likeness (QED) is 0.404. The molecule has 152 valence electrons. The minimum Gasteiger partial charge on any atom is -0.355 e. The molecule has 1 N–H and O–H groups in total. The smallest absolute Gasteiger partial charge is 0.193 e. The first-order valence-electron chi connectivity index (χ1n) is 10.0. The Balaban J connectivity index is 0.00000261. The Bertz CT molecular complexity index is 571. The molecule has 0 bridgehead atoms. The van der Waals surface area contributed by atoms with E-state index >= 15 is 0 Å². The van der Waals surface area contributed by atoms with E-state index in [9.17, 15) is 0 Å². The predicted octanol–water partition coefficient (Wildman–Crippen LogP) is 2.38. The fourth-order valence-corrected chi connectivity index (χ4v) is 4.16. The number of likely N-dealkylation sites (N-methyl/N-ethyl adjacent to an activating group) is 2. The number of nitrogens with one attached hydrogen (secondary N) is 1. The van der Waals surface area contributed by atoms with Gasteiger partial charge in [0.25, 0.3) is 0 Å². The molecule has 0 amide bonds. The molecule has 0 aliphatic carbocycles. The van der Waals surface area contributed by atoms with Gasteiger partial charge in [-0.3, -0.25) is 9.89 Å². The average Bonchev–Trinajstić information content (AvgIpc) is 2.67. The Hall–Kier alpha value is -0.860. The number of hydrogen-bond donors (Lipinski definition) is 1. The number of hydrogen-bond acceptors (Lipinski definition) is 3. The molecule has 0 aromatic heterocycles. The molecule has 1 aromatic rings. The van der Waals surface area contributed by atoms with E-state index in [1.54, 1.807) is 0 Å². The van der Waals surface area contributed by atoms with E-state index in [-0.39, 0.29) is 24.0 Å². The van der Waals surface area contributed by atoms with Crippen LogP contribution in [0.3, 0.4) is 0 Å². The van der Waals surface area contributed by atoms with Crippen LogP contribution < -0.4 is 5.32 Å². The van der Waals surface area contributed by atoms with Crippen molar-refractivity contribution in [1.29, 1.82) is 0 Å². The highest BCUT2D eigenvalue weighted by atomic mass is 127. The molecule has 0 spiro atoms. The van der Waals surface area contributed by atoms with Gasteiger partial charge >= 0.3 is 0 Å². The van der Waals surface area contributed by atoms with E-state index in [1.807, 2.05) is 7.05 Å². The van der Waals surface area contributed by atoms with Crippen LogP contribution in [0.4, 0.5) is 0 Å². The number of halogens is 1. The van der Waals surface area contributed by atoms with Gasteiger partial charge in [-0.25, -0.2) is 0 Å². The van der Waals surface area contributed by atoms with E-state index in [0.717, 1.165) is 51.1 Å². The number of rotatable bonds is 4. The van der Waals surface area contributed by atoms with Crippen molar-refractivity contribution in [3.63, 3.8) is 0 Å². The van der Waals surface area contributed by atoms with Crippen LogP contribution in [0, 0.1) is 5.92 Å². The number of guanidine groups is 1. The molecule has 0 radical (unpaired) electrons. The summed E-state index contributed by atoms with van der Waals surface area (Å²) in [4.78, 5) is 11.9. The van der Waals surface area contributed by atoms with Crippen molar-refractivity contribution in [3.05, 3.63) is 35.9 Å². The molecule has 3 rings (SSSR count). The van der Waals surface area contributed by atoms with Crippen molar-refractivity contribution >= 4 is 29.9 Å². The Kier molecular flexibility index (Phi) is 9.32. The van der Waals surface area contributed by atoms with Crippen LogP contribution in [0.5, 0.6) is 0 Å². The lowest BCUT2D eigenvalue weighted by atomic mass is 9.90. The van der Waals surface area contributed by atoms with Gasteiger partial charge in [-0.2, -0.15) is 0 Å². The second kappa shape index (κ2) is 11.2. The van der Waals surface area contributed by atoms with Gasteiger partial charge in [-0.15, -0.1) is 24.0 Å². The molecule has 1 unspecified atom stereocenters. The predicted molar refractivity (Wildman–Crippen MR) is 125 cm³/mol. The molecule has 2 aliphatic rings. The number of benzene rings is 1. The molecule has 2 heterocycles. The van der Waals surface area contributed by atoms with Gasteiger partial charge in [0.1, 0.15) is 0 Å². The molecule has 1 aromatic carbocycles. The lowest BCUT2D eigenvalue weighted by Gasteiger charge is -2.39. The summed E-state index contributed by atoms with van der Waals surface area (Å²) in [5.41, 5.74) is 1.47. The van der Waals surface area contributed by atoms with Crippen LogP contribution in [-0.2, 0) is 6.42 Å². The van der Waals surface area contributed by atoms with Crippen LogP contribution in [0.1, 0.15) is 18.4 Å². The standard InChI is InChI=1S/C21H35N5.HI/c1-22-21(23-16-20-17-24(2)13-14-25(20)3)26-11-9-19(10-12-26)15-18-7-5-4-6-8-18;/h4-8,19-20H,9-17H2,1-3H3,(H,22,23);1H. The summed E-state index contributed by atoms with van der Waals surface area (Å²) in [6.45, 7) is 6.62. The Morgan fingerprint density at radius 2 is 1.78 bits per heavy atom. The molecule has 2 aliphatic heterocycles. The first-order valence-corrected chi connectivity index (χ1v) is 10.0. The number of aliphatic imine (C=N–C) groups is 1. The molecule has 5 nitrogen and oxygen atoms in total. The highest BCUT2D eigenvalue weighted by Gasteiger charge is 2.25. The molecule has 6 heteroatoms. The van der Waals surface area contributed by atoms with Crippen molar-refractivity contribution in [2.45, 2.75) is 25.3 Å². The fourth-order valence-electron chi connectivity index (χ4n) is 4.16. The number of nitrogens with zero attached hydrogens (tertiary/aromatic N) is 4. The van der Waals surface area contributed by atoms with E-state index in [2.05, 4.69) is 69.4 Å². The number of likely N-dealkylation sites (tertiary alicyclic amines) is 1. The number of piperidine rings is 1. The summed E-state index contributed by atoms with van der Waals surface area (Å²) >= 11 is 0. The van der Waals surface area contributed by atoms with Crippen molar-refractivity contribution in [2.75, 3.05) is 60.4 Å². The molecule has 0 saturated carbocycles. The zero-order valence-corrected chi connectivity index (χ0v) is 19.4. The maximum atomic E-state index is 4.55. The molecule has 1 atom stereocenters. The van der Waals surface area contributed by atoms with Crippen molar-refractivity contribution < 1.29 is 0 Å². The summed E-state index contributed by atoms with van der Waals surface area (Å²) < 4.78 is 0. The van der Waals surface area contributed by atoms with Crippen molar-refractivity contribution in [3.8, 4) is 0 Å². The Morgan fingerprint density at radius 3 is 2.44 bits per heavy atom. The summed E-state index contributed by atoms with van der Waals surface area (Å²) in [6.07, 6.45) is 3.71. The number of piperazine rings is 1. The van der Waals surface area contributed by atoms with Gasteiger partial charge in [0.15, 0.2) is 5.96 Å². The average molecular weight is 485 g/mol. The lowest BCUT2D eigenvalue weighted by molar-refractivity contribution is 0.115. The normalized spacial score (nSPS) is 23.1. The van der Waals surface area contributed by atoms with Crippen molar-refractivity contribution in [2.24, 2.45) is 10.9 Å². The SMILES string of the molecule is CN=C(NCC1CN(C)CCN1C)N1CCC(Cc2ccccc2)CC1.I. The Morgan fingerprint density at radius 1 is 1.07 bits per heavy atom. The van der Waals surface area contributed by atoms with E-state index in [0.29, 0.717) is 6.04 Å². The summed E-state index contributed by atoms with van der Waals surface area (Å²) in [5, 5.41) is 3.63. The monoisotopic (exact) mass is 485 g/mol. The maximum Gasteiger partial charge on any atom is 0.193 e. The van der Waals surface area contributed by atoms with Crippen LogP contribution in [0.2, 0.25) is 0 Å². The van der Waals surface area contributed by atoms with E-state index < -0.39 is 0 Å². The second-order valence-electron chi connectivity index (χ2n) is 7.94. The van der Waals surface area contributed by atoms with Gasteiger partial charge in [0.05, 0.1) is 0 Å². The maximum absolute atomic E-state index is 4.55. The van der Waals surface area contributed by atoms with Crippen LogP contribution in [-0.4, -0.2) is 87.1 Å². The third-order valence-corrected chi connectivity index (χ3v) is 5.97. The summed E-state index contributed by atoms with van der Waals surface area (Å²) in [7, 11) is 6.36. The van der Waals surface area contributed by atoms with Crippen LogP contribution >= 0.6 is 24.0 Å². The van der Waals surface area contributed by atoms with Crippen LogP contribution in [0.15, 0.2) is 35.3 Å². The third-order valence-electron chi connectivity index (χ3n) is 5.97. The largest absolute Gasteiger partial charge is 0.355 e. The first kappa shape index (κ1) is 22.4. The summed E-state index contributed by atoms with van der Waals surface area (Å²) in [5.74, 6) is 1.87. The fraction of sp³-hybridized carbons (Fsp3) is 0.667. The molecular formula is C21H36IN5. The van der Waals surface area contributed by atoms with E-state index in [4.69, 9.17) is 0 Å². The zero-order valence-electron chi connectivity index (χ0n) is 17.1. The summed E-state index contributed by atoms with van der Waals surface area (Å²) in [6, 6.07) is 11.5. The third kappa shape index (κ3) is 6.61. The highest BCUT2D eigenvalue weighted by molar-refractivity contribution is 14.0.